The Morgan fingerprint density at radius 1 is 1.25 bits per heavy atom. The zero-order chi connectivity index (χ0) is 11.5. The molecule has 0 aliphatic carbocycles. The highest BCUT2D eigenvalue weighted by Gasteiger charge is 2.21. The summed E-state index contributed by atoms with van der Waals surface area (Å²) in [6.45, 7) is 3.80. The Kier molecular flexibility index (Phi) is 3.06. The van der Waals surface area contributed by atoms with Crippen LogP contribution < -0.4 is 0 Å². The number of aryl methyl sites for hydroxylation is 1. The lowest BCUT2D eigenvalue weighted by Gasteiger charge is -2.16. The van der Waals surface area contributed by atoms with Crippen LogP contribution in [-0.4, -0.2) is 10.1 Å². The highest BCUT2D eigenvalue weighted by molar-refractivity contribution is 5.16. The van der Waals surface area contributed by atoms with Crippen LogP contribution in [0.2, 0.25) is 0 Å². The predicted molar refractivity (Wildman–Crippen MR) is 61.1 cm³/mol. The van der Waals surface area contributed by atoms with Crippen LogP contribution in [0.5, 0.6) is 0 Å². The summed E-state index contributed by atoms with van der Waals surface area (Å²) in [7, 11) is 0. The largest absolute Gasteiger partial charge is 0.464 e. The van der Waals surface area contributed by atoms with Crippen molar-refractivity contribution in [3.63, 3.8) is 0 Å². The second-order valence-corrected chi connectivity index (χ2v) is 3.94. The van der Waals surface area contributed by atoms with Gasteiger partial charge in [0.05, 0.1) is 0 Å². The van der Waals surface area contributed by atoms with E-state index in [0.717, 1.165) is 11.5 Å². The number of furan rings is 1. The third kappa shape index (κ3) is 2.14. The van der Waals surface area contributed by atoms with Gasteiger partial charge in [-0.3, -0.25) is 4.98 Å². The maximum atomic E-state index is 10.1. The molecule has 2 rings (SSSR count). The molecule has 0 fully saturated rings. The molecule has 2 heterocycles. The smallest absolute Gasteiger partial charge is 0.133 e. The maximum Gasteiger partial charge on any atom is 0.133 e. The van der Waals surface area contributed by atoms with E-state index in [-0.39, 0.29) is 5.92 Å². The normalized spacial score (nSPS) is 14.7. The molecule has 0 saturated carbocycles. The number of hydrogen-bond acceptors (Lipinski definition) is 3. The standard InChI is InChI=1S/C13H15NO2/c1-9-6-7-12(16-9)13(15)10(2)11-5-3-4-8-14-11/h3-8,10,13,15H,1-2H3. The SMILES string of the molecule is Cc1ccc(C(O)C(C)c2ccccn2)o1. The Bertz CT molecular complexity index is 450. The fourth-order valence-corrected chi connectivity index (χ4v) is 1.67. The monoisotopic (exact) mass is 217 g/mol. The summed E-state index contributed by atoms with van der Waals surface area (Å²) in [5.74, 6) is 1.32. The molecule has 2 aromatic rings. The Hall–Kier alpha value is -1.61. The van der Waals surface area contributed by atoms with Crippen molar-refractivity contribution in [2.24, 2.45) is 0 Å². The van der Waals surface area contributed by atoms with Crippen molar-refractivity contribution < 1.29 is 9.52 Å². The van der Waals surface area contributed by atoms with Gasteiger partial charge in [0.2, 0.25) is 0 Å². The van der Waals surface area contributed by atoms with Crippen molar-refractivity contribution in [1.82, 2.24) is 4.98 Å². The van der Waals surface area contributed by atoms with Crippen LogP contribution in [-0.2, 0) is 0 Å². The number of rotatable bonds is 3. The molecule has 2 aromatic heterocycles. The minimum atomic E-state index is -0.649. The fraction of sp³-hybridized carbons (Fsp3) is 0.308. The molecule has 1 N–H and O–H groups in total. The third-order valence-corrected chi connectivity index (χ3v) is 2.68. The van der Waals surface area contributed by atoms with Crippen molar-refractivity contribution >= 4 is 0 Å². The van der Waals surface area contributed by atoms with Crippen LogP contribution in [0.3, 0.4) is 0 Å². The van der Waals surface area contributed by atoms with E-state index in [1.54, 1.807) is 12.3 Å². The fourth-order valence-electron chi connectivity index (χ4n) is 1.67. The second-order valence-electron chi connectivity index (χ2n) is 3.94. The lowest BCUT2D eigenvalue weighted by Crippen LogP contribution is -2.08. The van der Waals surface area contributed by atoms with Crippen LogP contribution in [0, 0.1) is 6.92 Å². The van der Waals surface area contributed by atoms with Crippen LogP contribution in [0.1, 0.15) is 36.2 Å². The van der Waals surface area contributed by atoms with E-state index in [4.69, 9.17) is 4.42 Å². The molecule has 2 unspecified atom stereocenters. The second kappa shape index (κ2) is 4.49. The van der Waals surface area contributed by atoms with Crippen molar-refractivity contribution in [1.29, 1.82) is 0 Å². The average molecular weight is 217 g/mol. The molecule has 0 aliphatic rings. The molecule has 0 spiro atoms. The van der Waals surface area contributed by atoms with E-state index in [2.05, 4.69) is 4.98 Å². The van der Waals surface area contributed by atoms with Crippen LogP contribution in [0.4, 0.5) is 0 Å². The Morgan fingerprint density at radius 2 is 2.06 bits per heavy atom. The van der Waals surface area contributed by atoms with Gasteiger partial charge >= 0.3 is 0 Å². The van der Waals surface area contributed by atoms with Crippen molar-refractivity contribution in [2.45, 2.75) is 25.9 Å². The molecular weight excluding hydrogens is 202 g/mol. The number of aliphatic hydroxyl groups excluding tert-OH is 1. The first-order valence-electron chi connectivity index (χ1n) is 5.34. The molecule has 0 bridgehead atoms. The number of pyridine rings is 1. The van der Waals surface area contributed by atoms with E-state index >= 15 is 0 Å². The van der Waals surface area contributed by atoms with E-state index in [1.807, 2.05) is 38.1 Å². The molecule has 3 nitrogen and oxygen atoms in total. The maximum absolute atomic E-state index is 10.1. The topological polar surface area (TPSA) is 46.3 Å². The summed E-state index contributed by atoms with van der Waals surface area (Å²) in [5.41, 5.74) is 0.865. The first kappa shape index (κ1) is 10.9. The summed E-state index contributed by atoms with van der Waals surface area (Å²) in [4.78, 5) is 4.23. The summed E-state index contributed by atoms with van der Waals surface area (Å²) in [6.07, 6.45) is 1.08. The average Bonchev–Trinajstić information content (AvgIpc) is 2.75. The zero-order valence-electron chi connectivity index (χ0n) is 9.42. The van der Waals surface area contributed by atoms with Crippen LogP contribution >= 0.6 is 0 Å². The van der Waals surface area contributed by atoms with Crippen LogP contribution in [0.25, 0.3) is 0 Å². The summed E-state index contributed by atoms with van der Waals surface area (Å²) >= 11 is 0. The van der Waals surface area contributed by atoms with Gasteiger partial charge in [-0.15, -0.1) is 0 Å². The predicted octanol–water partition coefficient (Wildman–Crippen LogP) is 2.82. The number of aromatic nitrogens is 1. The van der Waals surface area contributed by atoms with Gasteiger partial charge in [-0.25, -0.2) is 0 Å². The molecule has 0 aromatic carbocycles. The van der Waals surface area contributed by atoms with E-state index in [1.165, 1.54) is 0 Å². The van der Waals surface area contributed by atoms with Gasteiger partial charge in [0.1, 0.15) is 17.6 Å². The van der Waals surface area contributed by atoms with E-state index in [9.17, 15) is 5.11 Å². The van der Waals surface area contributed by atoms with E-state index in [0.29, 0.717) is 5.76 Å². The van der Waals surface area contributed by atoms with Crippen molar-refractivity contribution in [2.75, 3.05) is 0 Å². The lowest BCUT2D eigenvalue weighted by atomic mass is 9.98. The molecule has 0 radical (unpaired) electrons. The lowest BCUT2D eigenvalue weighted by molar-refractivity contribution is 0.123. The third-order valence-electron chi connectivity index (χ3n) is 2.68. The summed E-state index contributed by atoms with van der Waals surface area (Å²) < 4.78 is 5.41. The molecule has 84 valence electrons. The minimum Gasteiger partial charge on any atom is -0.464 e. The Balaban J connectivity index is 2.19. The molecule has 0 amide bonds. The van der Waals surface area contributed by atoms with Gasteiger partial charge in [-0.05, 0) is 31.2 Å². The van der Waals surface area contributed by atoms with Crippen molar-refractivity contribution in [3.05, 3.63) is 53.7 Å². The molecule has 16 heavy (non-hydrogen) atoms. The molecule has 0 saturated heterocycles. The number of nitrogens with zero attached hydrogens (tertiary/aromatic N) is 1. The quantitative estimate of drug-likeness (QED) is 0.859. The highest BCUT2D eigenvalue weighted by atomic mass is 16.4. The summed E-state index contributed by atoms with van der Waals surface area (Å²) in [5, 5.41) is 10.1. The molecule has 2 atom stereocenters. The number of hydrogen-bond donors (Lipinski definition) is 1. The van der Waals surface area contributed by atoms with Gasteiger partial charge in [-0.2, -0.15) is 0 Å². The Labute approximate surface area is 94.8 Å². The molecule has 0 aliphatic heterocycles. The van der Waals surface area contributed by atoms with Gasteiger partial charge in [0.15, 0.2) is 0 Å². The van der Waals surface area contributed by atoms with E-state index < -0.39 is 6.10 Å². The first-order valence-corrected chi connectivity index (χ1v) is 5.34. The molecule has 3 heteroatoms. The van der Waals surface area contributed by atoms with Gasteiger partial charge in [-0.1, -0.05) is 13.0 Å². The van der Waals surface area contributed by atoms with Gasteiger partial charge < -0.3 is 9.52 Å². The highest BCUT2D eigenvalue weighted by Crippen LogP contribution is 2.29. The van der Waals surface area contributed by atoms with Gasteiger partial charge in [0.25, 0.3) is 0 Å². The van der Waals surface area contributed by atoms with Gasteiger partial charge in [0, 0.05) is 17.8 Å². The minimum absolute atomic E-state index is 0.0771. The summed E-state index contributed by atoms with van der Waals surface area (Å²) in [6, 6.07) is 9.34. The number of aliphatic hydroxyl groups is 1. The van der Waals surface area contributed by atoms with Crippen LogP contribution in [0.15, 0.2) is 40.9 Å². The molecular formula is C13H15NO2. The zero-order valence-corrected chi connectivity index (χ0v) is 9.42. The van der Waals surface area contributed by atoms with Crippen molar-refractivity contribution in [3.8, 4) is 0 Å². The Morgan fingerprint density at radius 3 is 2.62 bits per heavy atom. The first-order chi connectivity index (χ1) is 7.68.